The van der Waals surface area contributed by atoms with E-state index in [4.69, 9.17) is 29.6 Å². The minimum atomic E-state index is -5.08. The molecule has 0 saturated heterocycles. The normalized spacial score (nSPS) is 16.3. The molecule has 0 bridgehead atoms. The van der Waals surface area contributed by atoms with Crippen LogP contribution in [0.25, 0.3) is 21.3 Å². The van der Waals surface area contributed by atoms with Crippen LogP contribution in [-0.2, 0) is 11.2 Å². The molecule has 1 aliphatic carbocycles. The van der Waals surface area contributed by atoms with Crippen molar-refractivity contribution in [2.75, 3.05) is 17.7 Å². The van der Waals surface area contributed by atoms with Gasteiger partial charge in [-0.2, -0.15) is 18.2 Å². The molecule has 0 atom stereocenters. The van der Waals surface area contributed by atoms with E-state index in [9.17, 15) is 18.3 Å². The molecule has 0 unspecified atom stereocenters. The van der Waals surface area contributed by atoms with E-state index in [1.807, 2.05) is 48.7 Å². The Bertz CT molecular complexity index is 1760. The Kier molecular flexibility index (Phi) is 10.3. The fraction of sp³-hybridized carbons (Fsp3) is 0.281. The molecular formula is C32H31F3N6O4S. The number of rotatable bonds is 8. The topological polar surface area (TPSA) is 142 Å². The molecule has 2 aromatic carbocycles. The van der Waals surface area contributed by atoms with Gasteiger partial charge in [-0.1, -0.05) is 47.7 Å². The molecule has 3 heterocycles. The number of halogens is 3. The SMILES string of the molecule is COc1ccc(-c2ccc3nc(Nc4cc(Cc5ccccc5)nc(NC5CCC(O)CC5)n4)sc3c2)cn1.O=C(O)C(F)(F)F. The van der Waals surface area contributed by atoms with Crippen LogP contribution in [0, 0.1) is 0 Å². The Labute approximate surface area is 266 Å². The molecule has 3 aromatic heterocycles. The Balaban J connectivity index is 0.000000537. The van der Waals surface area contributed by atoms with Gasteiger partial charge in [0.2, 0.25) is 11.8 Å². The molecule has 0 spiro atoms. The lowest BCUT2D eigenvalue weighted by atomic mass is 9.93. The van der Waals surface area contributed by atoms with Crippen molar-refractivity contribution in [3.63, 3.8) is 0 Å². The first-order valence-electron chi connectivity index (χ1n) is 14.4. The summed E-state index contributed by atoms with van der Waals surface area (Å²) in [6, 6.07) is 22.6. The van der Waals surface area contributed by atoms with E-state index in [0.29, 0.717) is 24.1 Å². The lowest BCUT2D eigenvalue weighted by Crippen LogP contribution is -2.29. The van der Waals surface area contributed by atoms with Crippen molar-refractivity contribution in [2.45, 2.75) is 50.4 Å². The number of aliphatic hydroxyl groups is 1. The van der Waals surface area contributed by atoms with Crippen LogP contribution in [0.1, 0.15) is 36.9 Å². The number of carbonyl (C=O) groups is 1. The van der Waals surface area contributed by atoms with Crippen LogP contribution < -0.4 is 15.4 Å². The lowest BCUT2D eigenvalue weighted by molar-refractivity contribution is -0.192. The summed E-state index contributed by atoms with van der Waals surface area (Å²) in [6.07, 6.45) is 0.637. The van der Waals surface area contributed by atoms with Gasteiger partial charge in [0.1, 0.15) is 5.82 Å². The van der Waals surface area contributed by atoms with E-state index in [1.165, 1.54) is 5.56 Å². The molecular weight excluding hydrogens is 621 g/mol. The van der Waals surface area contributed by atoms with Crippen molar-refractivity contribution in [2.24, 2.45) is 0 Å². The van der Waals surface area contributed by atoms with Crippen molar-refractivity contribution < 1.29 is 32.9 Å². The summed E-state index contributed by atoms with van der Waals surface area (Å²) in [6.45, 7) is 0. The molecule has 46 heavy (non-hydrogen) atoms. The van der Waals surface area contributed by atoms with Crippen LogP contribution in [0.3, 0.4) is 0 Å². The van der Waals surface area contributed by atoms with Crippen molar-refractivity contribution in [3.8, 4) is 17.0 Å². The number of alkyl halides is 3. The Morgan fingerprint density at radius 2 is 1.70 bits per heavy atom. The van der Waals surface area contributed by atoms with Gasteiger partial charge in [-0.15, -0.1) is 0 Å². The molecule has 1 fully saturated rings. The number of aliphatic carboxylic acids is 1. The third kappa shape index (κ3) is 8.88. The largest absolute Gasteiger partial charge is 0.490 e. The van der Waals surface area contributed by atoms with Gasteiger partial charge >= 0.3 is 12.1 Å². The van der Waals surface area contributed by atoms with Crippen LogP contribution >= 0.6 is 11.3 Å². The molecule has 5 aromatic rings. The van der Waals surface area contributed by atoms with Crippen LogP contribution in [0.15, 0.2) is 72.9 Å². The van der Waals surface area contributed by atoms with E-state index in [2.05, 4.69) is 39.9 Å². The number of ether oxygens (including phenoxy) is 1. The Morgan fingerprint density at radius 3 is 2.35 bits per heavy atom. The molecule has 6 rings (SSSR count). The van der Waals surface area contributed by atoms with Gasteiger partial charge in [0.05, 0.1) is 29.1 Å². The van der Waals surface area contributed by atoms with E-state index in [1.54, 1.807) is 18.4 Å². The molecule has 0 aliphatic heterocycles. The average molecular weight is 653 g/mol. The van der Waals surface area contributed by atoms with Crippen molar-refractivity contribution in [3.05, 3.63) is 84.2 Å². The van der Waals surface area contributed by atoms with Crippen molar-refractivity contribution in [1.82, 2.24) is 19.9 Å². The highest BCUT2D eigenvalue weighted by molar-refractivity contribution is 7.22. The number of nitrogens with one attached hydrogen (secondary N) is 2. The van der Waals surface area contributed by atoms with Crippen LogP contribution in [0.5, 0.6) is 5.88 Å². The maximum Gasteiger partial charge on any atom is 0.490 e. The van der Waals surface area contributed by atoms with Gasteiger partial charge in [0, 0.05) is 36.4 Å². The summed E-state index contributed by atoms with van der Waals surface area (Å²) >= 11 is 1.58. The summed E-state index contributed by atoms with van der Waals surface area (Å²) in [5, 5.41) is 24.7. The average Bonchev–Trinajstić information content (AvgIpc) is 3.44. The predicted molar refractivity (Wildman–Crippen MR) is 170 cm³/mol. The Hall–Kier alpha value is -4.82. The zero-order valence-electron chi connectivity index (χ0n) is 24.7. The number of fused-ring (bicyclic) bond motifs is 1. The molecule has 0 radical (unpaired) electrons. The maximum atomic E-state index is 10.6. The molecule has 10 nitrogen and oxygen atoms in total. The monoisotopic (exact) mass is 652 g/mol. The number of hydrogen-bond acceptors (Lipinski definition) is 10. The lowest BCUT2D eigenvalue weighted by Gasteiger charge is -2.26. The number of aromatic nitrogens is 4. The number of anilines is 3. The molecule has 14 heteroatoms. The fourth-order valence-corrected chi connectivity index (χ4v) is 5.78. The van der Waals surface area contributed by atoms with Gasteiger partial charge in [0.25, 0.3) is 0 Å². The number of nitrogens with zero attached hydrogens (tertiary/aromatic N) is 4. The number of carboxylic acid groups (broad SMARTS) is 1. The van der Waals surface area contributed by atoms with Crippen molar-refractivity contribution >= 4 is 44.4 Å². The van der Waals surface area contributed by atoms with Gasteiger partial charge < -0.3 is 25.6 Å². The first-order chi connectivity index (χ1) is 22.1. The third-order valence-electron chi connectivity index (χ3n) is 7.18. The number of pyridine rings is 1. The van der Waals surface area contributed by atoms with Gasteiger partial charge in [-0.25, -0.2) is 19.7 Å². The summed E-state index contributed by atoms with van der Waals surface area (Å²) < 4.78 is 38.0. The third-order valence-corrected chi connectivity index (χ3v) is 8.12. The first-order valence-corrected chi connectivity index (χ1v) is 15.2. The van der Waals surface area contributed by atoms with Gasteiger partial charge in [-0.05, 0) is 55.0 Å². The predicted octanol–water partition coefficient (Wildman–Crippen LogP) is 6.84. The van der Waals surface area contributed by atoms with E-state index in [-0.39, 0.29) is 12.1 Å². The van der Waals surface area contributed by atoms with Crippen LogP contribution in [0.2, 0.25) is 0 Å². The smallest absolute Gasteiger partial charge is 0.481 e. The quantitative estimate of drug-likeness (QED) is 0.141. The van der Waals surface area contributed by atoms with Crippen molar-refractivity contribution in [1.29, 1.82) is 0 Å². The number of benzene rings is 2. The number of aliphatic hydroxyl groups excluding tert-OH is 1. The highest BCUT2D eigenvalue weighted by Crippen LogP contribution is 2.32. The van der Waals surface area contributed by atoms with E-state index in [0.717, 1.165) is 57.9 Å². The minimum Gasteiger partial charge on any atom is -0.481 e. The second-order valence-corrected chi connectivity index (χ2v) is 11.6. The molecule has 240 valence electrons. The highest BCUT2D eigenvalue weighted by atomic mass is 32.1. The zero-order valence-corrected chi connectivity index (χ0v) is 25.5. The first kappa shape index (κ1) is 32.6. The van der Waals surface area contributed by atoms with Crippen LogP contribution in [0.4, 0.5) is 30.1 Å². The second-order valence-electron chi connectivity index (χ2n) is 10.6. The molecule has 1 aliphatic rings. The molecule has 0 amide bonds. The fourth-order valence-electron chi connectivity index (χ4n) is 4.86. The number of carboxylic acids is 1. The zero-order chi connectivity index (χ0) is 32.7. The van der Waals surface area contributed by atoms with Gasteiger partial charge in [-0.3, -0.25) is 0 Å². The second kappa shape index (κ2) is 14.5. The minimum absolute atomic E-state index is 0.203. The number of methoxy groups -OCH3 is 1. The maximum absolute atomic E-state index is 10.6. The summed E-state index contributed by atoms with van der Waals surface area (Å²) in [5.41, 5.74) is 5.13. The highest BCUT2D eigenvalue weighted by Gasteiger charge is 2.38. The molecule has 1 saturated carbocycles. The summed E-state index contributed by atoms with van der Waals surface area (Å²) in [4.78, 5) is 27.6. The standard InChI is InChI=1S/C30H30N6O2S.C2HF3O2/c1-38-28-14-8-21(18-31-28)20-7-13-25-26(16-20)39-30(34-25)36-27-17-23(15-19-5-3-2-4-6-19)33-29(35-27)32-22-9-11-24(37)12-10-22;3-2(4,5)1(6)7/h2-8,13-14,16-18,22,24,37H,9-12,15H2,1H3,(H2,32,33,34,35,36);(H,6,7). The Morgan fingerprint density at radius 1 is 0.978 bits per heavy atom. The van der Waals surface area contributed by atoms with Gasteiger partial charge in [0.15, 0.2) is 5.13 Å². The molecule has 4 N–H and O–H groups in total. The van der Waals surface area contributed by atoms with E-state index >= 15 is 0 Å². The van der Waals surface area contributed by atoms with E-state index < -0.39 is 12.1 Å². The summed E-state index contributed by atoms with van der Waals surface area (Å²) in [5.74, 6) is -0.862. The number of hydrogen-bond donors (Lipinski definition) is 4. The van der Waals surface area contributed by atoms with Crippen LogP contribution in [-0.4, -0.2) is 61.6 Å². The number of thiazole rings is 1. The summed E-state index contributed by atoms with van der Waals surface area (Å²) in [7, 11) is 1.61.